The molecule has 0 bridgehead atoms. The molecule has 2 aromatic carbocycles. The molecule has 138 valence electrons. The maximum Gasteiger partial charge on any atom is 0.261 e. The van der Waals surface area contributed by atoms with Crippen LogP contribution in [0.25, 0.3) is 0 Å². The van der Waals surface area contributed by atoms with Gasteiger partial charge in [-0.3, -0.25) is 4.79 Å². The van der Waals surface area contributed by atoms with E-state index >= 15 is 0 Å². The average molecular weight is 360 g/mol. The molecule has 6 nitrogen and oxygen atoms in total. The monoisotopic (exact) mass is 360 g/mol. The molecule has 0 spiro atoms. The number of carbonyl (C=O) groups excluding carboxylic acids is 1. The number of halogens is 1. The lowest BCUT2D eigenvalue weighted by atomic mass is 10.1. The van der Waals surface area contributed by atoms with E-state index < -0.39 is 0 Å². The van der Waals surface area contributed by atoms with Crippen molar-refractivity contribution >= 4 is 12.1 Å². The van der Waals surface area contributed by atoms with Crippen LogP contribution in [0.15, 0.2) is 47.6 Å². The van der Waals surface area contributed by atoms with E-state index in [4.69, 9.17) is 14.3 Å². The van der Waals surface area contributed by atoms with E-state index in [9.17, 15) is 9.18 Å². The van der Waals surface area contributed by atoms with Crippen LogP contribution in [0, 0.1) is 5.82 Å². The first kappa shape index (κ1) is 19.2. The second-order valence-corrected chi connectivity index (χ2v) is 5.46. The lowest BCUT2D eigenvalue weighted by Gasteiger charge is -2.13. The summed E-state index contributed by atoms with van der Waals surface area (Å²) < 4.78 is 23.3. The molecule has 0 fully saturated rings. The summed E-state index contributed by atoms with van der Waals surface area (Å²) in [7, 11) is 3.11. The van der Waals surface area contributed by atoms with Crippen LogP contribution >= 0.6 is 0 Å². The van der Waals surface area contributed by atoms with Crippen LogP contribution in [-0.2, 0) is 9.63 Å². The molecule has 1 unspecified atom stereocenters. The number of nitrogens with zero attached hydrogens (tertiary/aromatic N) is 1. The molecule has 1 atom stereocenters. The smallest absolute Gasteiger partial charge is 0.261 e. The van der Waals surface area contributed by atoms with Crippen molar-refractivity contribution in [3.05, 3.63) is 59.4 Å². The number of carbonyl (C=O) groups is 1. The number of hydrogen-bond acceptors (Lipinski definition) is 5. The quantitative estimate of drug-likeness (QED) is 0.580. The van der Waals surface area contributed by atoms with Crippen molar-refractivity contribution in [2.45, 2.75) is 13.0 Å². The van der Waals surface area contributed by atoms with Gasteiger partial charge in [0.15, 0.2) is 6.61 Å². The molecule has 0 aliphatic rings. The SMILES string of the molecule is COc1ccc(OC)c(/C=N/OCC(=O)NC(C)c2ccc(F)cc2)c1. The van der Waals surface area contributed by atoms with Crippen LogP contribution in [0.2, 0.25) is 0 Å². The Hall–Kier alpha value is -3.09. The average Bonchev–Trinajstić information content (AvgIpc) is 2.65. The number of methoxy groups -OCH3 is 2. The summed E-state index contributed by atoms with van der Waals surface area (Å²) in [6.07, 6.45) is 1.44. The highest BCUT2D eigenvalue weighted by Gasteiger charge is 2.10. The van der Waals surface area contributed by atoms with E-state index in [0.29, 0.717) is 17.1 Å². The summed E-state index contributed by atoms with van der Waals surface area (Å²) in [5, 5.41) is 6.54. The van der Waals surface area contributed by atoms with Crippen molar-refractivity contribution in [1.82, 2.24) is 5.32 Å². The molecular formula is C19H21FN2O4. The van der Waals surface area contributed by atoms with E-state index in [1.807, 2.05) is 0 Å². The topological polar surface area (TPSA) is 69.1 Å². The van der Waals surface area contributed by atoms with Gasteiger partial charge in [0.2, 0.25) is 0 Å². The second-order valence-electron chi connectivity index (χ2n) is 5.46. The van der Waals surface area contributed by atoms with E-state index in [1.54, 1.807) is 51.5 Å². The molecule has 0 heterocycles. The Bertz CT molecular complexity index is 763. The van der Waals surface area contributed by atoms with E-state index in [0.717, 1.165) is 5.56 Å². The summed E-state index contributed by atoms with van der Waals surface area (Å²) >= 11 is 0. The first-order valence-corrected chi connectivity index (χ1v) is 7.95. The highest BCUT2D eigenvalue weighted by atomic mass is 19.1. The highest BCUT2D eigenvalue weighted by Crippen LogP contribution is 2.22. The molecule has 0 aliphatic heterocycles. The molecule has 0 aliphatic carbocycles. The van der Waals surface area contributed by atoms with Gasteiger partial charge in [-0.2, -0.15) is 0 Å². The van der Waals surface area contributed by atoms with Gasteiger partial charge in [0.25, 0.3) is 5.91 Å². The summed E-state index contributed by atoms with van der Waals surface area (Å²) in [5.41, 5.74) is 1.45. The zero-order chi connectivity index (χ0) is 18.9. The standard InChI is InChI=1S/C19H21FN2O4/c1-13(14-4-6-16(20)7-5-14)22-19(23)12-26-21-11-15-10-17(24-2)8-9-18(15)25-3/h4-11,13H,12H2,1-3H3,(H,22,23)/b21-11+. The van der Waals surface area contributed by atoms with Crippen LogP contribution in [0.3, 0.4) is 0 Å². The van der Waals surface area contributed by atoms with Gasteiger partial charge in [-0.15, -0.1) is 0 Å². The molecule has 1 amide bonds. The van der Waals surface area contributed by atoms with Crippen LogP contribution in [0.4, 0.5) is 4.39 Å². The van der Waals surface area contributed by atoms with E-state index in [2.05, 4.69) is 10.5 Å². The Morgan fingerprint density at radius 3 is 2.58 bits per heavy atom. The molecule has 2 aromatic rings. The number of hydrogen-bond donors (Lipinski definition) is 1. The summed E-state index contributed by atoms with van der Waals surface area (Å²) in [5.74, 6) is 0.597. The zero-order valence-corrected chi connectivity index (χ0v) is 14.9. The number of rotatable bonds is 8. The molecule has 2 rings (SSSR count). The molecule has 0 saturated heterocycles. The number of ether oxygens (including phenoxy) is 2. The predicted octanol–water partition coefficient (Wildman–Crippen LogP) is 3.07. The van der Waals surface area contributed by atoms with Crippen LogP contribution in [0.1, 0.15) is 24.1 Å². The Morgan fingerprint density at radius 2 is 1.92 bits per heavy atom. The van der Waals surface area contributed by atoms with Crippen molar-refractivity contribution in [2.75, 3.05) is 20.8 Å². The number of nitrogens with one attached hydrogen (secondary N) is 1. The fourth-order valence-electron chi connectivity index (χ4n) is 2.25. The normalized spacial score (nSPS) is 11.8. The first-order valence-electron chi connectivity index (χ1n) is 7.95. The minimum Gasteiger partial charge on any atom is -0.497 e. The third-order valence-electron chi connectivity index (χ3n) is 3.65. The van der Waals surface area contributed by atoms with Crippen LogP contribution in [0.5, 0.6) is 11.5 Å². The Morgan fingerprint density at radius 1 is 1.19 bits per heavy atom. The summed E-state index contributed by atoms with van der Waals surface area (Å²) in [6, 6.07) is 10.9. The lowest BCUT2D eigenvalue weighted by molar-refractivity contribution is -0.126. The lowest BCUT2D eigenvalue weighted by Crippen LogP contribution is -2.29. The second kappa shape index (κ2) is 9.41. The van der Waals surface area contributed by atoms with Crippen molar-refractivity contribution in [3.63, 3.8) is 0 Å². The van der Waals surface area contributed by atoms with Crippen molar-refractivity contribution in [1.29, 1.82) is 0 Å². The minimum atomic E-state index is -0.336. The number of benzene rings is 2. The maximum absolute atomic E-state index is 12.9. The molecule has 1 N–H and O–H groups in total. The Kier molecular flexibility index (Phi) is 6.96. The summed E-state index contributed by atoms with van der Waals surface area (Å²) in [4.78, 5) is 16.9. The fraction of sp³-hybridized carbons (Fsp3) is 0.263. The van der Waals surface area contributed by atoms with Gasteiger partial charge in [-0.1, -0.05) is 17.3 Å². The molecule has 0 radical (unpaired) electrons. The fourth-order valence-corrected chi connectivity index (χ4v) is 2.25. The third-order valence-corrected chi connectivity index (χ3v) is 3.65. The van der Waals surface area contributed by atoms with E-state index in [-0.39, 0.29) is 24.4 Å². The molecule has 0 aromatic heterocycles. The van der Waals surface area contributed by atoms with Crippen molar-refractivity contribution in [2.24, 2.45) is 5.16 Å². The largest absolute Gasteiger partial charge is 0.497 e. The minimum absolute atomic E-state index is 0.242. The van der Waals surface area contributed by atoms with Gasteiger partial charge in [0.1, 0.15) is 17.3 Å². The zero-order valence-electron chi connectivity index (χ0n) is 14.9. The van der Waals surface area contributed by atoms with Crippen molar-refractivity contribution < 1.29 is 23.5 Å². The van der Waals surface area contributed by atoms with Gasteiger partial charge in [0.05, 0.1) is 26.5 Å². The Labute approximate surface area is 151 Å². The maximum atomic E-state index is 12.9. The molecular weight excluding hydrogens is 339 g/mol. The van der Waals surface area contributed by atoms with Gasteiger partial charge < -0.3 is 19.6 Å². The van der Waals surface area contributed by atoms with Gasteiger partial charge in [0, 0.05) is 5.56 Å². The van der Waals surface area contributed by atoms with Gasteiger partial charge in [-0.25, -0.2) is 4.39 Å². The summed E-state index contributed by atoms with van der Waals surface area (Å²) in [6.45, 7) is 1.56. The molecule has 7 heteroatoms. The third kappa shape index (κ3) is 5.47. The number of amides is 1. The van der Waals surface area contributed by atoms with Gasteiger partial charge in [-0.05, 0) is 42.8 Å². The molecule has 0 saturated carbocycles. The first-order chi connectivity index (χ1) is 12.5. The number of oxime groups is 1. The predicted molar refractivity (Wildman–Crippen MR) is 96.0 cm³/mol. The highest BCUT2D eigenvalue weighted by molar-refractivity contribution is 5.84. The molecule has 26 heavy (non-hydrogen) atoms. The Balaban J connectivity index is 1.86. The van der Waals surface area contributed by atoms with Crippen LogP contribution in [-0.4, -0.2) is 32.9 Å². The van der Waals surface area contributed by atoms with Crippen molar-refractivity contribution in [3.8, 4) is 11.5 Å². The van der Waals surface area contributed by atoms with Gasteiger partial charge >= 0.3 is 0 Å². The van der Waals surface area contributed by atoms with E-state index in [1.165, 1.54) is 18.3 Å². The van der Waals surface area contributed by atoms with Crippen LogP contribution < -0.4 is 14.8 Å².